The maximum Gasteiger partial charge on any atom is 0.410 e. The second-order valence-corrected chi connectivity index (χ2v) is 16.6. The largest absolute Gasteiger partial charge is 0.481 e. The number of halogens is 2. The molecule has 14 nitrogen and oxygen atoms in total. The highest BCUT2D eigenvalue weighted by molar-refractivity contribution is 6.39. The molecule has 0 spiro atoms. The number of methoxy groups -OCH3 is 1. The number of pyridine rings is 1. The fourth-order valence-electron chi connectivity index (χ4n) is 7.46. The number of nitrogens with zero attached hydrogens (tertiary/aromatic N) is 6. The zero-order chi connectivity index (χ0) is 42.0. The standard InChI is InChI=1S/C43H48Cl2N8O6/c1-43(2,3)59-42(57)52(25-28-15-17-36(54)47-28)23-26-14-16-33(48-40(26)58-5)32-12-7-11-31(39(32)45)30-10-6-9-29(38(30)44)27-21-34-41(56)50(4)35(49-53(34)24-27)22-46-18-20-51-19-8-13-37(51)55/h6-7,9-12,14,16,21,24,28,46H,8,13,15,17-20,22-23,25H2,1-5H3,(H,47,54). The van der Waals surface area contributed by atoms with Crippen LogP contribution in [0.2, 0.25) is 10.0 Å². The Morgan fingerprint density at radius 3 is 2.37 bits per heavy atom. The van der Waals surface area contributed by atoms with E-state index in [0.717, 1.165) is 13.0 Å². The van der Waals surface area contributed by atoms with Crippen LogP contribution < -0.4 is 20.9 Å². The quantitative estimate of drug-likeness (QED) is 0.127. The van der Waals surface area contributed by atoms with Gasteiger partial charge in [0.2, 0.25) is 17.7 Å². The summed E-state index contributed by atoms with van der Waals surface area (Å²) in [5.41, 5.74) is 4.10. The third-order valence-electron chi connectivity index (χ3n) is 10.5. The van der Waals surface area contributed by atoms with Crippen LogP contribution in [0, 0.1) is 0 Å². The predicted octanol–water partition coefficient (Wildman–Crippen LogP) is 6.47. The van der Waals surface area contributed by atoms with Crippen molar-refractivity contribution < 1.29 is 23.9 Å². The van der Waals surface area contributed by atoms with Crippen molar-refractivity contribution >= 4 is 46.6 Å². The van der Waals surface area contributed by atoms with Gasteiger partial charge in [-0.1, -0.05) is 59.6 Å². The minimum atomic E-state index is -0.712. The topological polar surface area (TPSA) is 152 Å². The highest BCUT2D eigenvalue weighted by atomic mass is 35.5. The summed E-state index contributed by atoms with van der Waals surface area (Å²) in [5, 5.41) is 11.8. The molecule has 0 aliphatic carbocycles. The van der Waals surface area contributed by atoms with Crippen molar-refractivity contribution in [2.75, 3.05) is 33.3 Å². The Balaban J connectivity index is 1.13. The smallest absolute Gasteiger partial charge is 0.410 e. The molecule has 0 radical (unpaired) electrons. The first-order chi connectivity index (χ1) is 28.2. The van der Waals surface area contributed by atoms with Crippen molar-refractivity contribution in [2.24, 2.45) is 7.05 Å². The Kier molecular flexibility index (Phi) is 12.3. The van der Waals surface area contributed by atoms with Gasteiger partial charge in [0.15, 0.2) is 0 Å². The number of ether oxygens (including phenoxy) is 2. The third-order valence-corrected chi connectivity index (χ3v) is 11.3. The number of aromatic nitrogens is 4. The van der Waals surface area contributed by atoms with Crippen molar-refractivity contribution in [1.29, 1.82) is 0 Å². The van der Waals surface area contributed by atoms with Crippen LogP contribution in [0.15, 0.2) is 65.6 Å². The average molecular weight is 844 g/mol. The summed E-state index contributed by atoms with van der Waals surface area (Å²) in [6.07, 6.45) is 3.81. The van der Waals surface area contributed by atoms with Gasteiger partial charge >= 0.3 is 6.09 Å². The summed E-state index contributed by atoms with van der Waals surface area (Å²) in [6, 6.07) is 16.5. The SMILES string of the molecule is COc1nc(-c2cccc(-c3cccc(-c4cc5c(=O)n(C)c(CNCCN6CCCC6=O)nn5c4)c3Cl)c2Cl)ccc1CN(CC1CCC(=O)N1)C(=O)OC(C)(C)C. The van der Waals surface area contributed by atoms with Crippen molar-refractivity contribution in [3.63, 3.8) is 0 Å². The maximum absolute atomic E-state index is 13.5. The van der Waals surface area contributed by atoms with Gasteiger partial charge in [0.05, 0.1) is 35.9 Å². The number of amides is 3. The highest BCUT2D eigenvalue weighted by Crippen LogP contribution is 2.42. The molecule has 1 unspecified atom stereocenters. The first-order valence-corrected chi connectivity index (χ1v) is 20.4. The zero-order valence-electron chi connectivity index (χ0n) is 33.8. The third kappa shape index (κ3) is 9.24. The van der Waals surface area contributed by atoms with Gasteiger partial charge in [-0.3, -0.25) is 19.0 Å². The van der Waals surface area contributed by atoms with E-state index in [9.17, 15) is 19.2 Å². The fourth-order valence-corrected chi connectivity index (χ4v) is 8.13. The molecule has 3 aromatic heterocycles. The Morgan fingerprint density at radius 2 is 1.71 bits per heavy atom. The van der Waals surface area contributed by atoms with E-state index in [0.29, 0.717) is 105 Å². The van der Waals surface area contributed by atoms with Gasteiger partial charge in [0.25, 0.3) is 5.56 Å². The molecule has 2 aliphatic heterocycles. The van der Waals surface area contributed by atoms with E-state index < -0.39 is 11.7 Å². The van der Waals surface area contributed by atoms with Gasteiger partial charge in [-0.25, -0.2) is 14.3 Å². The Morgan fingerprint density at radius 1 is 1.00 bits per heavy atom. The molecule has 0 bridgehead atoms. The molecule has 5 aromatic rings. The number of rotatable bonds is 13. The number of hydrogen-bond acceptors (Lipinski definition) is 9. The second kappa shape index (κ2) is 17.4. The molecule has 0 saturated carbocycles. The van der Waals surface area contributed by atoms with Crippen LogP contribution >= 0.6 is 23.2 Å². The molecule has 5 heterocycles. The number of fused-ring (bicyclic) bond motifs is 1. The van der Waals surface area contributed by atoms with Gasteiger partial charge in [-0.15, -0.1) is 0 Å². The minimum Gasteiger partial charge on any atom is -0.481 e. The summed E-state index contributed by atoms with van der Waals surface area (Å²) in [4.78, 5) is 58.9. The van der Waals surface area contributed by atoms with E-state index in [4.69, 9.17) is 42.8 Å². The van der Waals surface area contributed by atoms with Crippen molar-refractivity contribution in [1.82, 2.24) is 39.6 Å². The van der Waals surface area contributed by atoms with Crippen LogP contribution in [-0.4, -0.2) is 91.8 Å². The molecule has 16 heteroatoms. The monoisotopic (exact) mass is 842 g/mol. The van der Waals surface area contributed by atoms with E-state index in [1.807, 2.05) is 53.4 Å². The Labute approximate surface area is 352 Å². The van der Waals surface area contributed by atoms with Crippen LogP contribution in [0.1, 0.15) is 57.8 Å². The van der Waals surface area contributed by atoms with Gasteiger partial charge in [0, 0.05) is 91.7 Å². The van der Waals surface area contributed by atoms with Crippen molar-refractivity contribution in [2.45, 2.75) is 71.2 Å². The molecule has 3 amide bonds. The molecule has 59 heavy (non-hydrogen) atoms. The number of benzene rings is 2. The molecule has 2 N–H and O–H groups in total. The lowest BCUT2D eigenvalue weighted by Gasteiger charge is -2.29. The predicted molar refractivity (Wildman–Crippen MR) is 226 cm³/mol. The minimum absolute atomic E-state index is 0.0410. The molecule has 2 aromatic carbocycles. The van der Waals surface area contributed by atoms with E-state index in [1.54, 1.807) is 49.5 Å². The molecule has 310 valence electrons. The lowest BCUT2D eigenvalue weighted by Crippen LogP contribution is -2.43. The van der Waals surface area contributed by atoms with E-state index in [2.05, 4.69) is 10.6 Å². The number of likely N-dealkylation sites (tertiary alicyclic amines) is 1. The average Bonchev–Trinajstić information content (AvgIpc) is 3.94. The van der Waals surface area contributed by atoms with Crippen LogP contribution in [0.4, 0.5) is 4.79 Å². The van der Waals surface area contributed by atoms with Crippen LogP contribution in [0.25, 0.3) is 39.0 Å². The van der Waals surface area contributed by atoms with Crippen LogP contribution in [0.5, 0.6) is 5.88 Å². The van der Waals surface area contributed by atoms with Gasteiger partial charge in [-0.05, 0) is 51.8 Å². The Bertz CT molecular complexity index is 2480. The molecule has 2 aliphatic rings. The molecular formula is C43H48Cl2N8O6. The normalized spacial score (nSPS) is 15.6. The van der Waals surface area contributed by atoms with Crippen molar-refractivity contribution in [3.05, 3.63) is 92.6 Å². The van der Waals surface area contributed by atoms with E-state index >= 15 is 0 Å². The molecule has 7 rings (SSSR count). The fraction of sp³-hybridized carbons (Fsp3) is 0.395. The van der Waals surface area contributed by atoms with Gasteiger partial charge in [0.1, 0.15) is 16.9 Å². The summed E-state index contributed by atoms with van der Waals surface area (Å²) in [5.74, 6) is 1.00. The lowest BCUT2D eigenvalue weighted by atomic mass is 9.97. The number of nitrogens with one attached hydrogen (secondary N) is 2. The van der Waals surface area contributed by atoms with Crippen LogP contribution in [-0.2, 0) is 34.5 Å². The van der Waals surface area contributed by atoms with E-state index in [1.165, 1.54) is 11.7 Å². The summed E-state index contributed by atoms with van der Waals surface area (Å²) in [6.45, 7) is 8.18. The lowest BCUT2D eigenvalue weighted by molar-refractivity contribution is -0.127. The zero-order valence-corrected chi connectivity index (χ0v) is 35.3. The Hall–Kier alpha value is -5.44. The van der Waals surface area contributed by atoms with Crippen LogP contribution in [0.3, 0.4) is 0 Å². The highest BCUT2D eigenvalue weighted by Gasteiger charge is 2.30. The summed E-state index contributed by atoms with van der Waals surface area (Å²) >= 11 is 14.3. The molecule has 2 saturated heterocycles. The first kappa shape index (κ1) is 41.7. The van der Waals surface area contributed by atoms with E-state index in [-0.39, 0.29) is 36.5 Å². The van der Waals surface area contributed by atoms with Crippen molar-refractivity contribution in [3.8, 4) is 39.4 Å². The number of carbonyl (C=O) groups excluding carboxylic acids is 3. The maximum atomic E-state index is 13.5. The first-order valence-electron chi connectivity index (χ1n) is 19.7. The molecule has 1 atom stereocenters. The second-order valence-electron chi connectivity index (χ2n) is 15.9. The summed E-state index contributed by atoms with van der Waals surface area (Å²) < 4.78 is 14.6. The number of carbonyl (C=O) groups is 3. The number of hydrogen-bond donors (Lipinski definition) is 2. The van der Waals surface area contributed by atoms with Gasteiger partial charge < -0.3 is 29.9 Å². The van der Waals surface area contributed by atoms with Gasteiger partial charge in [-0.2, -0.15) is 5.10 Å². The molecule has 2 fully saturated rings. The summed E-state index contributed by atoms with van der Waals surface area (Å²) in [7, 11) is 3.21. The molecular weight excluding hydrogens is 795 g/mol.